The Labute approximate surface area is 123 Å². The molecule has 0 spiro atoms. The Hall–Kier alpha value is -1.15. The summed E-state index contributed by atoms with van der Waals surface area (Å²) in [6.07, 6.45) is 0. The zero-order valence-electron chi connectivity index (χ0n) is 12.1. The molecular weight excluding hydrogens is 283 g/mol. The fourth-order valence-corrected chi connectivity index (χ4v) is 4.97. The van der Waals surface area contributed by atoms with E-state index in [1.165, 1.54) is 0 Å². The molecule has 2 N–H and O–H groups in total. The number of aliphatic hydroxyl groups is 1. The molecule has 0 amide bonds. The topological polar surface area (TPSA) is 40.5 Å². The lowest BCUT2D eigenvalue weighted by molar-refractivity contribution is 0.283. The van der Waals surface area contributed by atoms with Gasteiger partial charge in [0.1, 0.15) is 5.75 Å². The van der Waals surface area contributed by atoms with Gasteiger partial charge in [0.2, 0.25) is 0 Å². The second kappa shape index (κ2) is 6.09. The summed E-state index contributed by atoms with van der Waals surface area (Å²) in [6.45, 7) is 6.74. The molecule has 106 valence electrons. The molecule has 4 heteroatoms. The van der Waals surface area contributed by atoms with Crippen LogP contribution in [0.4, 0.5) is 0 Å². The highest BCUT2D eigenvalue weighted by Gasteiger charge is 2.22. The average Bonchev–Trinajstić information content (AvgIpc) is 2.40. The molecule has 2 nitrogen and oxygen atoms in total. The Morgan fingerprint density at radius 3 is 2.25 bits per heavy atom. The van der Waals surface area contributed by atoms with Crippen LogP contribution in [0.2, 0.25) is 19.6 Å². The third-order valence-corrected chi connectivity index (χ3v) is 6.75. The number of hydrogen-bond acceptors (Lipinski definition) is 2. The van der Waals surface area contributed by atoms with Crippen molar-refractivity contribution in [3.05, 3.63) is 48.0 Å². The minimum absolute atomic E-state index is 0.0393. The quantitative estimate of drug-likeness (QED) is 0.670. The molecule has 0 fully saturated rings. The fourth-order valence-electron chi connectivity index (χ4n) is 2.17. The van der Waals surface area contributed by atoms with Crippen LogP contribution < -0.4 is 15.8 Å². The van der Waals surface area contributed by atoms with E-state index in [4.69, 9.17) is 0 Å². The second-order valence-electron chi connectivity index (χ2n) is 5.89. The molecule has 0 heterocycles. The van der Waals surface area contributed by atoms with Crippen LogP contribution >= 0.6 is 8.58 Å². The molecule has 0 aliphatic rings. The predicted octanol–water partition coefficient (Wildman–Crippen LogP) is 2.06. The van der Waals surface area contributed by atoms with Crippen LogP contribution in [0.1, 0.15) is 5.56 Å². The summed E-state index contributed by atoms with van der Waals surface area (Å²) in [5.74, 6) is 0.442. The molecule has 2 aromatic rings. The van der Waals surface area contributed by atoms with Gasteiger partial charge in [-0.1, -0.05) is 70.7 Å². The number of rotatable bonds is 4. The van der Waals surface area contributed by atoms with Gasteiger partial charge in [-0.05, 0) is 16.1 Å². The van der Waals surface area contributed by atoms with Gasteiger partial charge in [0.05, 0.1) is 14.7 Å². The lowest BCUT2D eigenvalue weighted by Gasteiger charge is -2.20. The van der Waals surface area contributed by atoms with E-state index in [1.807, 2.05) is 42.5 Å². The van der Waals surface area contributed by atoms with Crippen molar-refractivity contribution in [2.75, 3.05) is 0 Å². The second-order valence-corrected chi connectivity index (χ2v) is 12.3. The molecule has 20 heavy (non-hydrogen) atoms. The van der Waals surface area contributed by atoms with Crippen molar-refractivity contribution in [1.82, 2.24) is 0 Å². The lowest BCUT2D eigenvalue weighted by atomic mass is 10.2. The first-order valence-electron chi connectivity index (χ1n) is 6.71. The summed E-state index contributed by atoms with van der Waals surface area (Å²) < 4.78 is 0. The Bertz CT molecular complexity index is 606. The van der Waals surface area contributed by atoms with Crippen molar-refractivity contribution in [2.45, 2.75) is 26.2 Å². The molecule has 0 aromatic heterocycles. The predicted molar refractivity (Wildman–Crippen MR) is 91.0 cm³/mol. The van der Waals surface area contributed by atoms with Crippen LogP contribution in [-0.4, -0.2) is 18.3 Å². The Morgan fingerprint density at radius 1 is 0.950 bits per heavy atom. The molecule has 0 aliphatic heterocycles. The Balaban J connectivity index is 2.40. The molecule has 0 bridgehead atoms. The van der Waals surface area contributed by atoms with Crippen LogP contribution in [0.3, 0.4) is 0 Å². The van der Waals surface area contributed by atoms with E-state index < -0.39 is 8.07 Å². The van der Waals surface area contributed by atoms with Gasteiger partial charge in [-0.2, -0.15) is 0 Å². The van der Waals surface area contributed by atoms with Gasteiger partial charge in [-0.3, -0.25) is 0 Å². The van der Waals surface area contributed by atoms with Gasteiger partial charge in [0.15, 0.2) is 0 Å². The SMILES string of the molecule is C[Si](C)(C)c1cccc(Pc2ccccc2CO)c1O. The van der Waals surface area contributed by atoms with Gasteiger partial charge in [0, 0.05) is 5.30 Å². The zero-order valence-corrected chi connectivity index (χ0v) is 14.1. The van der Waals surface area contributed by atoms with Gasteiger partial charge >= 0.3 is 0 Å². The normalized spacial score (nSPS) is 12.2. The van der Waals surface area contributed by atoms with Crippen LogP contribution in [0.15, 0.2) is 42.5 Å². The minimum Gasteiger partial charge on any atom is -0.507 e. The Kier molecular flexibility index (Phi) is 4.64. The van der Waals surface area contributed by atoms with Crippen molar-refractivity contribution in [3.63, 3.8) is 0 Å². The van der Waals surface area contributed by atoms with E-state index in [2.05, 4.69) is 19.6 Å². The van der Waals surface area contributed by atoms with E-state index in [-0.39, 0.29) is 6.61 Å². The molecular formula is C16H21O2PSi. The monoisotopic (exact) mass is 304 g/mol. The molecule has 0 radical (unpaired) electrons. The molecule has 2 rings (SSSR count). The minimum atomic E-state index is -1.54. The highest BCUT2D eigenvalue weighted by Crippen LogP contribution is 2.21. The van der Waals surface area contributed by atoms with Gasteiger partial charge < -0.3 is 10.2 Å². The first kappa shape index (κ1) is 15.2. The maximum Gasteiger partial charge on any atom is 0.122 e. The van der Waals surface area contributed by atoms with Gasteiger partial charge in [-0.15, -0.1) is 0 Å². The molecule has 1 unspecified atom stereocenters. The summed E-state index contributed by atoms with van der Waals surface area (Å²) in [5, 5.41) is 23.1. The van der Waals surface area contributed by atoms with Crippen molar-refractivity contribution >= 4 is 32.5 Å². The molecule has 0 saturated heterocycles. The first-order valence-corrected chi connectivity index (χ1v) is 11.2. The van der Waals surface area contributed by atoms with Crippen molar-refractivity contribution in [2.24, 2.45) is 0 Å². The summed E-state index contributed by atoms with van der Waals surface area (Å²) in [7, 11) is -1.17. The highest BCUT2D eigenvalue weighted by atomic mass is 31.1. The maximum atomic E-state index is 10.5. The summed E-state index contributed by atoms with van der Waals surface area (Å²) >= 11 is 0. The zero-order chi connectivity index (χ0) is 14.8. The summed E-state index contributed by atoms with van der Waals surface area (Å²) in [6, 6.07) is 13.9. The highest BCUT2D eigenvalue weighted by molar-refractivity contribution is 7.56. The van der Waals surface area contributed by atoms with Crippen LogP contribution in [0.25, 0.3) is 0 Å². The van der Waals surface area contributed by atoms with Crippen molar-refractivity contribution in [1.29, 1.82) is 0 Å². The number of aliphatic hydroxyl groups excluding tert-OH is 1. The number of phenols is 1. The van der Waals surface area contributed by atoms with Crippen molar-refractivity contribution < 1.29 is 10.2 Å². The standard InChI is InChI=1S/C16H21O2PSi/c1-20(2,3)15-10-6-9-14(16(15)18)19-13-8-5-4-7-12(13)11-17/h4-10,17-19H,11H2,1-3H3. The van der Waals surface area contributed by atoms with E-state index in [0.717, 1.165) is 21.4 Å². The van der Waals surface area contributed by atoms with E-state index >= 15 is 0 Å². The number of phenolic OH excluding ortho intramolecular Hbond substituents is 1. The molecule has 1 atom stereocenters. The van der Waals surface area contributed by atoms with Gasteiger partial charge in [0.25, 0.3) is 0 Å². The molecule has 0 aliphatic carbocycles. The fraction of sp³-hybridized carbons (Fsp3) is 0.250. The maximum absolute atomic E-state index is 10.5. The Morgan fingerprint density at radius 2 is 1.60 bits per heavy atom. The van der Waals surface area contributed by atoms with Gasteiger partial charge in [-0.25, -0.2) is 0 Å². The number of hydrogen-bond donors (Lipinski definition) is 2. The largest absolute Gasteiger partial charge is 0.507 e. The van der Waals surface area contributed by atoms with E-state index in [0.29, 0.717) is 14.3 Å². The number of benzene rings is 2. The molecule has 2 aromatic carbocycles. The summed E-state index contributed by atoms with van der Waals surface area (Å²) in [4.78, 5) is 0. The van der Waals surface area contributed by atoms with E-state index in [1.54, 1.807) is 0 Å². The third-order valence-electron chi connectivity index (χ3n) is 3.30. The lowest BCUT2D eigenvalue weighted by Crippen LogP contribution is -2.39. The number of aromatic hydroxyl groups is 1. The first-order chi connectivity index (χ1) is 9.43. The average molecular weight is 304 g/mol. The van der Waals surface area contributed by atoms with E-state index in [9.17, 15) is 10.2 Å². The smallest absolute Gasteiger partial charge is 0.122 e. The van der Waals surface area contributed by atoms with Crippen LogP contribution in [0.5, 0.6) is 5.75 Å². The van der Waals surface area contributed by atoms with Crippen molar-refractivity contribution in [3.8, 4) is 5.75 Å². The number of para-hydroxylation sites is 1. The third kappa shape index (κ3) is 3.29. The van der Waals surface area contributed by atoms with Crippen LogP contribution in [-0.2, 0) is 6.61 Å². The van der Waals surface area contributed by atoms with Crippen LogP contribution in [0, 0.1) is 0 Å². The molecule has 0 saturated carbocycles. The summed E-state index contributed by atoms with van der Waals surface area (Å²) in [5.41, 5.74) is 0.934.